The molecule has 0 bridgehead atoms. The lowest BCUT2D eigenvalue weighted by molar-refractivity contribution is -0.136. The molecule has 6 nitrogen and oxygen atoms in total. The van der Waals surface area contributed by atoms with E-state index < -0.39 is 32.2 Å². The lowest BCUT2D eigenvalue weighted by Crippen LogP contribution is -2.50. The van der Waals surface area contributed by atoms with Crippen molar-refractivity contribution in [2.24, 2.45) is 11.7 Å². The van der Waals surface area contributed by atoms with E-state index in [0.29, 0.717) is 31.4 Å². The third-order valence-corrected chi connectivity index (χ3v) is 7.19. The highest BCUT2D eigenvalue weighted by Crippen LogP contribution is 2.38. The number of allylic oxidation sites excluding steroid dienone is 2. The van der Waals surface area contributed by atoms with Crippen molar-refractivity contribution in [3.8, 4) is 0 Å². The molecule has 0 aromatic carbocycles. The van der Waals surface area contributed by atoms with Gasteiger partial charge in [0.1, 0.15) is 0 Å². The van der Waals surface area contributed by atoms with Gasteiger partial charge in [-0.25, -0.2) is 8.42 Å². The van der Waals surface area contributed by atoms with E-state index in [1.807, 2.05) is 0 Å². The molecule has 5 N–H and O–H groups in total. The van der Waals surface area contributed by atoms with Crippen molar-refractivity contribution in [1.29, 1.82) is 0 Å². The second-order valence-corrected chi connectivity index (χ2v) is 8.80. The van der Waals surface area contributed by atoms with Crippen LogP contribution in [0.1, 0.15) is 44.9 Å². The van der Waals surface area contributed by atoms with Gasteiger partial charge in [0.05, 0.1) is 11.4 Å². The number of hydrogen-bond donors (Lipinski definition) is 4. The van der Waals surface area contributed by atoms with Crippen LogP contribution in [0.4, 0.5) is 0 Å². The van der Waals surface area contributed by atoms with E-state index >= 15 is 0 Å². The van der Waals surface area contributed by atoms with Gasteiger partial charge in [0.25, 0.3) is 5.12 Å². The molecule has 0 saturated heterocycles. The Labute approximate surface area is 137 Å². The molecule has 0 aromatic heterocycles. The fourth-order valence-electron chi connectivity index (χ4n) is 3.41. The third kappa shape index (κ3) is 3.85. The summed E-state index contributed by atoms with van der Waals surface area (Å²) in [5, 5.41) is 27.0. The average molecular weight is 345 g/mol. The summed E-state index contributed by atoms with van der Waals surface area (Å²) in [4.78, 5) is 0. The SMILES string of the molecule is NCCC(O)C1=CC=CC(S(=O)(=O)C(O)(O)C2CCCCC2)C1. The normalized spacial score (nSPS) is 25.2. The van der Waals surface area contributed by atoms with Gasteiger partial charge in [-0.3, -0.25) is 0 Å². The van der Waals surface area contributed by atoms with E-state index in [9.17, 15) is 23.7 Å². The Morgan fingerprint density at radius 3 is 2.52 bits per heavy atom. The van der Waals surface area contributed by atoms with E-state index in [0.717, 1.165) is 19.3 Å². The molecule has 0 spiro atoms. The van der Waals surface area contributed by atoms with Crippen molar-refractivity contribution in [2.75, 3.05) is 6.54 Å². The van der Waals surface area contributed by atoms with Crippen LogP contribution < -0.4 is 5.73 Å². The first kappa shape index (κ1) is 18.6. The summed E-state index contributed by atoms with van der Waals surface area (Å²) in [5.74, 6) is -0.655. The number of hydrogen-bond acceptors (Lipinski definition) is 6. The summed E-state index contributed by atoms with van der Waals surface area (Å²) in [7, 11) is -4.20. The molecule has 0 aromatic rings. The highest BCUT2D eigenvalue weighted by Gasteiger charge is 2.50. The average Bonchev–Trinajstić information content (AvgIpc) is 2.56. The van der Waals surface area contributed by atoms with Crippen molar-refractivity contribution >= 4 is 9.84 Å². The van der Waals surface area contributed by atoms with Crippen LogP contribution in [-0.4, -0.2) is 46.8 Å². The van der Waals surface area contributed by atoms with Gasteiger partial charge in [-0.1, -0.05) is 37.5 Å². The molecule has 0 heterocycles. The highest BCUT2D eigenvalue weighted by molar-refractivity contribution is 7.93. The van der Waals surface area contributed by atoms with Crippen LogP contribution in [0.3, 0.4) is 0 Å². The number of sulfone groups is 1. The Balaban J connectivity index is 2.16. The van der Waals surface area contributed by atoms with Crippen LogP contribution in [-0.2, 0) is 9.84 Å². The zero-order valence-corrected chi connectivity index (χ0v) is 14.1. The van der Waals surface area contributed by atoms with Crippen LogP contribution in [0.15, 0.2) is 23.8 Å². The van der Waals surface area contributed by atoms with E-state index in [2.05, 4.69) is 0 Å². The van der Waals surface area contributed by atoms with Crippen molar-refractivity contribution < 1.29 is 23.7 Å². The Morgan fingerprint density at radius 1 is 1.26 bits per heavy atom. The Hall–Kier alpha value is -0.730. The lowest BCUT2D eigenvalue weighted by Gasteiger charge is -2.36. The number of aliphatic hydroxyl groups is 3. The Kier molecular flexibility index (Phi) is 6.02. The number of rotatable bonds is 6. The van der Waals surface area contributed by atoms with Crippen LogP contribution in [0, 0.1) is 5.92 Å². The summed E-state index contributed by atoms with van der Waals surface area (Å²) >= 11 is 0. The minimum Gasteiger partial charge on any atom is -0.389 e. The molecular formula is C16H27NO5S. The molecular weight excluding hydrogens is 318 g/mol. The maximum Gasteiger partial charge on any atom is 0.272 e. The summed E-state index contributed by atoms with van der Waals surface area (Å²) < 4.78 is 25.5. The van der Waals surface area contributed by atoms with Crippen molar-refractivity contribution in [2.45, 2.75) is 61.4 Å². The lowest BCUT2D eigenvalue weighted by atomic mass is 9.88. The van der Waals surface area contributed by atoms with Gasteiger partial charge in [0, 0.05) is 5.92 Å². The first-order valence-electron chi connectivity index (χ1n) is 8.24. The fourth-order valence-corrected chi connectivity index (χ4v) is 5.26. The van der Waals surface area contributed by atoms with Gasteiger partial charge in [-0.05, 0) is 37.8 Å². The molecule has 1 saturated carbocycles. The van der Waals surface area contributed by atoms with Gasteiger partial charge >= 0.3 is 0 Å². The summed E-state index contributed by atoms with van der Waals surface area (Å²) in [6, 6.07) is 0. The molecule has 2 atom stereocenters. The smallest absolute Gasteiger partial charge is 0.272 e. The Bertz CT molecular complexity index is 561. The van der Waals surface area contributed by atoms with Gasteiger partial charge in [0.15, 0.2) is 0 Å². The topological polar surface area (TPSA) is 121 Å². The molecule has 132 valence electrons. The minimum absolute atomic E-state index is 0.0651. The Morgan fingerprint density at radius 2 is 1.91 bits per heavy atom. The summed E-state index contributed by atoms with van der Waals surface area (Å²) in [6.07, 6.45) is 7.90. The summed E-state index contributed by atoms with van der Waals surface area (Å²) in [5.41, 5.74) is 5.98. The molecule has 0 radical (unpaired) electrons. The summed E-state index contributed by atoms with van der Waals surface area (Å²) in [6.45, 7) is 0.297. The van der Waals surface area contributed by atoms with Crippen molar-refractivity contribution in [3.05, 3.63) is 23.8 Å². The molecule has 2 rings (SSSR count). The van der Waals surface area contributed by atoms with Crippen LogP contribution in [0.25, 0.3) is 0 Å². The monoisotopic (exact) mass is 345 g/mol. The van der Waals surface area contributed by atoms with Crippen LogP contribution in [0.5, 0.6) is 0 Å². The van der Waals surface area contributed by atoms with E-state index in [4.69, 9.17) is 5.73 Å². The molecule has 23 heavy (non-hydrogen) atoms. The predicted molar refractivity (Wildman–Crippen MR) is 88.0 cm³/mol. The third-order valence-electron chi connectivity index (χ3n) is 4.90. The molecule has 2 aliphatic carbocycles. The van der Waals surface area contributed by atoms with Gasteiger partial charge in [-0.2, -0.15) is 0 Å². The quantitative estimate of drug-likeness (QED) is 0.523. The second kappa shape index (κ2) is 7.44. The molecule has 0 aliphatic heterocycles. The minimum atomic E-state index is -4.20. The van der Waals surface area contributed by atoms with E-state index in [1.54, 1.807) is 12.2 Å². The van der Waals surface area contributed by atoms with E-state index in [1.165, 1.54) is 6.08 Å². The largest absolute Gasteiger partial charge is 0.389 e. The zero-order chi connectivity index (χ0) is 17.1. The molecule has 0 amide bonds. The fraction of sp³-hybridized carbons (Fsp3) is 0.750. The van der Waals surface area contributed by atoms with Gasteiger partial charge < -0.3 is 21.1 Å². The molecule has 7 heteroatoms. The van der Waals surface area contributed by atoms with Crippen LogP contribution in [0.2, 0.25) is 0 Å². The predicted octanol–water partition coefficient (Wildman–Crippen LogP) is 0.584. The second-order valence-electron chi connectivity index (χ2n) is 6.50. The van der Waals surface area contributed by atoms with Gasteiger partial charge in [-0.15, -0.1) is 0 Å². The number of nitrogens with two attached hydrogens (primary N) is 1. The van der Waals surface area contributed by atoms with Crippen LogP contribution >= 0.6 is 0 Å². The first-order chi connectivity index (χ1) is 10.8. The van der Waals surface area contributed by atoms with E-state index in [-0.39, 0.29) is 6.42 Å². The van der Waals surface area contributed by atoms with Gasteiger partial charge in [0.2, 0.25) is 9.84 Å². The first-order valence-corrected chi connectivity index (χ1v) is 9.79. The maximum atomic E-state index is 12.7. The zero-order valence-electron chi connectivity index (χ0n) is 13.3. The molecule has 1 fully saturated rings. The molecule has 2 unspecified atom stereocenters. The standard InChI is InChI=1S/C16H27NO5S/c17-10-9-15(18)12-5-4-8-14(11-12)23(21,22)16(19,20)13-6-2-1-3-7-13/h4-5,8,13-15,18-20H,1-3,6-7,9-11,17H2. The van der Waals surface area contributed by atoms with Crippen molar-refractivity contribution in [3.63, 3.8) is 0 Å². The molecule has 2 aliphatic rings. The van der Waals surface area contributed by atoms with Crippen molar-refractivity contribution in [1.82, 2.24) is 0 Å². The maximum absolute atomic E-state index is 12.7. The number of aliphatic hydroxyl groups excluding tert-OH is 1. The highest BCUT2D eigenvalue weighted by atomic mass is 32.2.